The minimum Gasteiger partial charge on any atom is -0.351 e. The fourth-order valence-electron chi connectivity index (χ4n) is 2.20. The summed E-state index contributed by atoms with van der Waals surface area (Å²) in [6.07, 6.45) is 3.12. The molecule has 4 nitrogen and oxygen atoms in total. The maximum absolute atomic E-state index is 12.3. The van der Waals surface area contributed by atoms with Crippen LogP contribution in [0.15, 0.2) is 39.3 Å². The minimum atomic E-state index is -0.105. The highest BCUT2D eigenvalue weighted by molar-refractivity contribution is 9.10. The summed E-state index contributed by atoms with van der Waals surface area (Å²) < 4.78 is 6.23. The Morgan fingerprint density at radius 2 is 2.10 bits per heavy atom. The van der Waals surface area contributed by atoms with E-state index in [2.05, 4.69) is 33.2 Å². The predicted octanol–water partition coefficient (Wildman–Crippen LogP) is 3.63. The number of amides is 1. The smallest absolute Gasteiger partial charge is 0.292 e. The zero-order valence-electron chi connectivity index (χ0n) is 11.9. The van der Waals surface area contributed by atoms with Crippen molar-refractivity contribution in [3.8, 4) is 0 Å². The molecule has 1 amide bonds. The number of hydrogen-bond acceptors (Lipinski definition) is 3. The molecule has 2 aromatic rings. The molecule has 5 heteroatoms. The molecular formula is C16H17BrN2O2. The number of benzene rings is 1. The highest BCUT2D eigenvalue weighted by atomic mass is 79.9. The first-order valence-electron chi connectivity index (χ1n) is 7.10. The number of likely N-dealkylation sites (N-methyl/N-ethyl adjacent to an activating group) is 1. The van der Waals surface area contributed by atoms with Crippen LogP contribution in [0.5, 0.6) is 0 Å². The monoisotopic (exact) mass is 348 g/mol. The van der Waals surface area contributed by atoms with Crippen molar-refractivity contribution in [1.82, 2.24) is 10.1 Å². The van der Waals surface area contributed by atoms with Gasteiger partial charge in [-0.25, -0.2) is 0 Å². The van der Waals surface area contributed by atoms with Gasteiger partial charge in [-0.2, -0.15) is 0 Å². The molecule has 1 heterocycles. The van der Waals surface area contributed by atoms with E-state index in [1.807, 2.05) is 12.1 Å². The molecule has 110 valence electrons. The Hall–Kier alpha value is -1.62. The largest absolute Gasteiger partial charge is 0.351 e. The molecule has 0 saturated heterocycles. The van der Waals surface area contributed by atoms with Gasteiger partial charge in [0.1, 0.15) is 0 Å². The molecule has 0 N–H and O–H groups in total. The van der Waals surface area contributed by atoms with E-state index in [0.29, 0.717) is 18.2 Å². The average molecular weight is 349 g/mol. The second-order valence-corrected chi connectivity index (χ2v) is 6.41. The van der Waals surface area contributed by atoms with Gasteiger partial charge in [0.15, 0.2) is 0 Å². The van der Waals surface area contributed by atoms with Gasteiger partial charge in [0.05, 0.1) is 5.69 Å². The molecule has 21 heavy (non-hydrogen) atoms. The maximum Gasteiger partial charge on any atom is 0.292 e. The Labute approximate surface area is 132 Å². The molecule has 0 unspecified atom stereocenters. The summed E-state index contributed by atoms with van der Waals surface area (Å²) in [5.41, 5.74) is 2.12. The first-order valence-corrected chi connectivity index (χ1v) is 7.89. The lowest BCUT2D eigenvalue weighted by atomic mass is 10.1. The van der Waals surface area contributed by atoms with E-state index in [0.717, 1.165) is 29.4 Å². The van der Waals surface area contributed by atoms with Crippen molar-refractivity contribution in [1.29, 1.82) is 0 Å². The zero-order chi connectivity index (χ0) is 14.8. The number of carbonyl (C=O) groups is 1. The average Bonchev–Trinajstić information content (AvgIpc) is 3.23. The van der Waals surface area contributed by atoms with Gasteiger partial charge < -0.3 is 9.42 Å². The van der Waals surface area contributed by atoms with Crippen LogP contribution in [0.25, 0.3) is 0 Å². The number of rotatable bonds is 5. The van der Waals surface area contributed by atoms with Crippen LogP contribution in [0.3, 0.4) is 0 Å². The Morgan fingerprint density at radius 3 is 2.76 bits per heavy atom. The van der Waals surface area contributed by atoms with E-state index in [-0.39, 0.29) is 5.91 Å². The van der Waals surface area contributed by atoms with Gasteiger partial charge in [-0.3, -0.25) is 4.79 Å². The summed E-state index contributed by atoms with van der Waals surface area (Å²) in [5.74, 6) is 0.741. The Balaban J connectivity index is 1.57. The predicted molar refractivity (Wildman–Crippen MR) is 83.3 cm³/mol. The Morgan fingerprint density at radius 1 is 1.38 bits per heavy atom. The van der Waals surface area contributed by atoms with Crippen molar-refractivity contribution in [2.75, 3.05) is 13.6 Å². The molecule has 3 rings (SSSR count). The molecule has 0 aliphatic heterocycles. The van der Waals surface area contributed by atoms with Crippen LogP contribution < -0.4 is 0 Å². The third-order valence-electron chi connectivity index (χ3n) is 3.73. The molecule has 1 saturated carbocycles. The third-order valence-corrected chi connectivity index (χ3v) is 4.26. The van der Waals surface area contributed by atoms with Crippen LogP contribution in [-0.4, -0.2) is 29.6 Å². The molecule has 0 atom stereocenters. The van der Waals surface area contributed by atoms with E-state index in [1.165, 1.54) is 5.56 Å². The van der Waals surface area contributed by atoms with Crippen LogP contribution in [-0.2, 0) is 6.42 Å². The summed E-state index contributed by atoms with van der Waals surface area (Å²) in [5, 5.41) is 3.98. The Bertz CT molecular complexity index is 632. The first-order chi connectivity index (χ1) is 10.1. The fraction of sp³-hybridized carbons (Fsp3) is 0.375. The summed E-state index contributed by atoms with van der Waals surface area (Å²) in [6, 6.07) is 9.92. The number of nitrogens with zero attached hydrogens (tertiary/aromatic N) is 2. The second kappa shape index (κ2) is 6.02. The lowest BCUT2D eigenvalue weighted by molar-refractivity contribution is 0.0755. The minimum absolute atomic E-state index is 0.105. The van der Waals surface area contributed by atoms with E-state index in [9.17, 15) is 4.79 Å². The fourth-order valence-corrected chi connectivity index (χ4v) is 2.46. The van der Waals surface area contributed by atoms with E-state index in [4.69, 9.17) is 4.52 Å². The summed E-state index contributed by atoms with van der Waals surface area (Å²) >= 11 is 3.41. The molecule has 1 aromatic heterocycles. The van der Waals surface area contributed by atoms with Crippen molar-refractivity contribution >= 4 is 21.8 Å². The highest BCUT2D eigenvalue weighted by Crippen LogP contribution is 2.39. The summed E-state index contributed by atoms with van der Waals surface area (Å²) in [4.78, 5) is 13.9. The lowest BCUT2D eigenvalue weighted by Crippen LogP contribution is -2.28. The SMILES string of the molecule is CN(CCc1ccc(Br)cc1)C(=O)c1cc(C2CC2)no1. The van der Waals surface area contributed by atoms with Crippen LogP contribution in [0.2, 0.25) is 0 Å². The van der Waals surface area contributed by atoms with Crippen molar-refractivity contribution < 1.29 is 9.32 Å². The maximum atomic E-state index is 12.3. The molecule has 0 bridgehead atoms. The number of carbonyl (C=O) groups excluding carboxylic acids is 1. The van der Waals surface area contributed by atoms with Crippen molar-refractivity contribution in [3.05, 3.63) is 51.8 Å². The first kappa shape index (κ1) is 14.3. The van der Waals surface area contributed by atoms with E-state index < -0.39 is 0 Å². The molecule has 1 aliphatic carbocycles. The van der Waals surface area contributed by atoms with Crippen LogP contribution in [0.4, 0.5) is 0 Å². The van der Waals surface area contributed by atoms with Gasteiger partial charge in [0.2, 0.25) is 5.76 Å². The van der Waals surface area contributed by atoms with Gasteiger partial charge >= 0.3 is 0 Å². The number of halogens is 1. The van der Waals surface area contributed by atoms with E-state index in [1.54, 1.807) is 18.0 Å². The quantitative estimate of drug-likeness (QED) is 0.828. The van der Waals surface area contributed by atoms with Gasteiger partial charge in [0.25, 0.3) is 5.91 Å². The number of hydrogen-bond donors (Lipinski definition) is 0. The highest BCUT2D eigenvalue weighted by Gasteiger charge is 2.28. The van der Waals surface area contributed by atoms with Gasteiger partial charge in [-0.1, -0.05) is 33.2 Å². The number of aromatic nitrogens is 1. The van der Waals surface area contributed by atoms with Gasteiger partial charge in [0, 0.05) is 30.0 Å². The van der Waals surface area contributed by atoms with Crippen LogP contribution >= 0.6 is 15.9 Å². The van der Waals surface area contributed by atoms with Crippen LogP contribution in [0.1, 0.15) is 40.6 Å². The lowest BCUT2D eigenvalue weighted by Gasteiger charge is -2.15. The summed E-state index contributed by atoms with van der Waals surface area (Å²) in [7, 11) is 1.79. The van der Waals surface area contributed by atoms with Crippen molar-refractivity contribution in [2.45, 2.75) is 25.2 Å². The van der Waals surface area contributed by atoms with Gasteiger partial charge in [-0.15, -0.1) is 0 Å². The topological polar surface area (TPSA) is 46.3 Å². The molecule has 1 aliphatic rings. The van der Waals surface area contributed by atoms with Crippen molar-refractivity contribution in [3.63, 3.8) is 0 Å². The Kier molecular flexibility index (Phi) is 4.10. The van der Waals surface area contributed by atoms with Crippen LogP contribution in [0, 0.1) is 0 Å². The molecule has 1 fully saturated rings. The van der Waals surface area contributed by atoms with Crippen molar-refractivity contribution in [2.24, 2.45) is 0 Å². The van der Waals surface area contributed by atoms with Gasteiger partial charge in [-0.05, 0) is 37.0 Å². The zero-order valence-corrected chi connectivity index (χ0v) is 13.5. The molecule has 0 spiro atoms. The molecule has 1 aromatic carbocycles. The standard InChI is InChI=1S/C16H17BrN2O2/c1-19(9-8-11-2-6-13(17)7-3-11)16(20)15-10-14(18-21-15)12-4-5-12/h2-3,6-7,10,12H,4-5,8-9H2,1H3. The second-order valence-electron chi connectivity index (χ2n) is 5.49. The van der Waals surface area contributed by atoms with E-state index >= 15 is 0 Å². The molecular weight excluding hydrogens is 332 g/mol. The molecule has 0 radical (unpaired) electrons. The normalized spacial score (nSPS) is 14.2. The third kappa shape index (κ3) is 3.53. The summed E-state index contributed by atoms with van der Waals surface area (Å²) in [6.45, 7) is 0.653.